The maximum atomic E-state index is 11.8. The Hall–Kier alpha value is -2.00. The molecule has 116 valence electrons. The summed E-state index contributed by atoms with van der Waals surface area (Å²) >= 11 is 6.05. The highest BCUT2D eigenvalue weighted by molar-refractivity contribution is 6.31. The van der Waals surface area contributed by atoms with Crippen LogP contribution in [0.3, 0.4) is 0 Å². The van der Waals surface area contributed by atoms with E-state index in [0.29, 0.717) is 11.6 Å². The predicted molar refractivity (Wildman–Crippen MR) is 92.5 cm³/mol. The highest BCUT2D eigenvalue weighted by Gasteiger charge is 2.04. The molecule has 2 aromatic carbocycles. The second-order valence-electron chi connectivity index (χ2n) is 5.21. The number of hydrogen-bond donors (Lipinski definition) is 2. The number of nitrogens with one attached hydrogen (secondary N) is 2. The van der Waals surface area contributed by atoms with Gasteiger partial charge in [-0.05, 0) is 43.0 Å². The second-order valence-corrected chi connectivity index (χ2v) is 5.61. The van der Waals surface area contributed by atoms with Gasteiger partial charge in [-0.1, -0.05) is 48.0 Å². The quantitative estimate of drug-likeness (QED) is 0.763. The van der Waals surface area contributed by atoms with Crippen molar-refractivity contribution in [2.75, 3.05) is 18.4 Å². The van der Waals surface area contributed by atoms with Crippen LogP contribution in [0, 0.1) is 6.92 Å². The van der Waals surface area contributed by atoms with Crippen molar-refractivity contribution in [2.24, 2.45) is 0 Å². The van der Waals surface area contributed by atoms with E-state index in [4.69, 9.17) is 11.6 Å². The van der Waals surface area contributed by atoms with Gasteiger partial charge in [-0.25, -0.2) is 0 Å². The van der Waals surface area contributed by atoms with Crippen LogP contribution < -0.4 is 10.6 Å². The van der Waals surface area contributed by atoms with Crippen molar-refractivity contribution < 1.29 is 4.79 Å². The molecule has 0 fully saturated rings. The molecule has 0 saturated carbocycles. The SMILES string of the molecule is Cc1c(Cl)cccc1NCC(=O)NCCCc1ccccc1. The summed E-state index contributed by atoms with van der Waals surface area (Å²) in [6.07, 6.45) is 1.91. The maximum absolute atomic E-state index is 11.8. The number of carbonyl (C=O) groups excluding carboxylic acids is 1. The van der Waals surface area contributed by atoms with Gasteiger partial charge >= 0.3 is 0 Å². The molecule has 3 nitrogen and oxygen atoms in total. The monoisotopic (exact) mass is 316 g/mol. The number of amides is 1. The number of hydrogen-bond acceptors (Lipinski definition) is 2. The molecule has 0 saturated heterocycles. The Bertz CT molecular complexity index is 614. The first-order valence-electron chi connectivity index (χ1n) is 7.46. The van der Waals surface area contributed by atoms with Crippen molar-refractivity contribution in [3.05, 3.63) is 64.7 Å². The van der Waals surface area contributed by atoms with E-state index in [9.17, 15) is 4.79 Å². The van der Waals surface area contributed by atoms with E-state index in [0.717, 1.165) is 24.1 Å². The van der Waals surface area contributed by atoms with Crippen LogP contribution >= 0.6 is 11.6 Å². The number of rotatable bonds is 7. The van der Waals surface area contributed by atoms with E-state index in [1.807, 2.05) is 43.3 Å². The zero-order valence-electron chi connectivity index (χ0n) is 12.7. The molecule has 0 aliphatic heterocycles. The van der Waals surface area contributed by atoms with Crippen LogP contribution in [-0.4, -0.2) is 19.0 Å². The molecule has 0 bridgehead atoms. The molecule has 0 radical (unpaired) electrons. The summed E-state index contributed by atoms with van der Waals surface area (Å²) in [6, 6.07) is 15.9. The first-order chi connectivity index (χ1) is 10.7. The van der Waals surface area contributed by atoms with E-state index in [1.165, 1.54) is 5.56 Å². The molecule has 2 aromatic rings. The molecule has 0 heterocycles. The average Bonchev–Trinajstić information content (AvgIpc) is 2.54. The molecular formula is C18H21ClN2O. The molecule has 22 heavy (non-hydrogen) atoms. The van der Waals surface area contributed by atoms with Gasteiger partial charge in [0.25, 0.3) is 0 Å². The molecule has 1 amide bonds. The Morgan fingerprint density at radius 1 is 1.09 bits per heavy atom. The van der Waals surface area contributed by atoms with Crippen molar-refractivity contribution in [3.63, 3.8) is 0 Å². The molecule has 4 heteroatoms. The summed E-state index contributed by atoms with van der Waals surface area (Å²) in [5.41, 5.74) is 3.15. The van der Waals surface area contributed by atoms with Crippen LogP contribution in [0.4, 0.5) is 5.69 Å². The van der Waals surface area contributed by atoms with E-state index in [2.05, 4.69) is 22.8 Å². The fraction of sp³-hybridized carbons (Fsp3) is 0.278. The Morgan fingerprint density at radius 3 is 2.64 bits per heavy atom. The summed E-state index contributed by atoms with van der Waals surface area (Å²) in [5.74, 6) is -0.00700. The molecule has 0 aromatic heterocycles. The summed E-state index contributed by atoms with van der Waals surface area (Å²) in [5, 5.41) is 6.74. The summed E-state index contributed by atoms with van der Waals surface area (Å²) in [7, 11) is 0. The number of carbonyl (C=O) groups is 1. The predicted octanol–water partition coefficient (Wildman–Crippen LogP) is 3.81. The third-order valence-corrected chi connectivity index (χ3v) is 3.92. The number of benzene rings is 2. The topological polar surface area (TPSA) is 41.1 Å². The Labute approximate surface area is 136 Å². The van der Waals surface area contributed by atoms with Crippen molar-refractivity contribution in [1.82, 2.24) is 5.32 Å². The van der Waals surface area contributed by atoms with E-state index in [1.54, 1.807) is 0 Å². The lowest BCUT2D eigenvalue weighted by Crippen LogP contribution is -2.30. The summed E-state index contributed by atoms with van der Waals surface area (Å²) in [4.78, 5) is 11.8. The first kappa shape index (κ1) is 16.4. The van der Waals surface area contributed by atoms with Gasteiger partial charge in [-0.2, -0.15) is 0 Å². The van der Waals surface area contributed by atoms with Crippen molar-refractivity contribution >= 4 is 23.2 Å². The highest BCUT2D eigenvalue weighted by Crippen LogP contribution is 2.22. The molecule has 0 unspecified atom stereocenters. The van der Waals surface area contributed by atoms with Crippen molar-refractivity contribution in [3.8, 4) is 0 Å². The Balaban J connectivity index is 1.67. The number of anilines is 1. The van der Waals surface area contributed by atoms with E-state index >= 15 is 0 Å². The Kier molecular flexibility index (Phi) is 6.28. The van der Waals surface area contributed by atoms with Gasteiger partial charge in [-0.3, -0.25) is 4.79 Å². The highest BCUT2D eigenvalue weighted by atomic mass is 35.5. The lowest BCUT2D eigenvalue weighted by Gasteiger charge is -2.11. The third-order valence-electron chi connectivity index (χ3n) is 3.51. The molecule has 0 aliphatic carbocycles. The summed E-state index contributed by atoms with van der Waals surface area (Å²) in [6.45, 7) is 2.87. The fourth-order valence-electron chi connectivity index (χ4n) is 2.20. The maximum Gasteiger partial charge on any atom is 0.239 e. The van der Waals surface area contributed by atoms with E-state index in [-0.39, 0.29) is 12.5 Å². The molecule has 2 N–H and O–H groups in total. The minimum atomic E-state index is -0.00700. The first-order valence-corrected chi connectivity index (χ1v) is 7.84. The van der Waals surface area contributed by atoms with Crippen LogP contribution in [0.2, 0.25) is 5.02 Å². The largest absolute Gasteiger partial charge is 0.376 e. The number of aryl methyl sites for hydroxylation is 1. The van der Waals surface area contributed by atoms with Gasteiger partial charge in [0.05, 0.1) is 6.54 Å². The minimum absolute atomic E-state index is 0.00700. The van der Waals surface area contributed by atoms with Gasteiger partial charge in [0.2, 0.25) is 5.91 Å². The van der Waals surface area contributed by atoms with Crippen LogP contribution in [0.15, 0.2) is 48.5 Å². The van der Waals surface area contributed by atoms with Crippen LogP contribution in [0.1, 0.15) is 17.5 Å². The molecule has 0 aliphatic rings. The van der Waals surface area contributed by atoms with Crippen molar-refractivity contribution in [1.29, 1.82) is 0 Å². The Morgan fingerprint density at radius 2 is 1.86 bits per heavy atom. The van der Waals surface area contributed by atoms with Gasteiger partial charge in [0, 0.05) is 17.3 Å². The van der Waals surface area contributed by atoms with Gasteiger partial charge in [-0.15, -0.1) is 0 Å². The average molecular weight is 317 g/mol. The summed E-state index contributed by atoms with van der Waals surface area (Å²) < 4.78 is 0. The van der Waals surface area contributed by atoms with Gasteiger partial charge < -0.3 is 10.6 Å². The van der Waals surface area contributed by atoms with Gasteiger partial charge in [0.15, 0.2) is 0 Å². The lowest BCUT2D eigenvalue weighted by atomic mass is 10.1. The van der Waals surface area contributed by atoms with Crippen LogP contribution in [0.5, 0.6) is 0 Å². The van der Waals surface area contributed by atoms with E-state index < -0.39 is 0 Å². The normalized spacial score (nSPS) is 10.3. The zero-order chi connectivity index (χ0) is 15.8. The third kappa shape index (κ3) is 5.08. The van der Waals surface area contributed by atoms with Crippen LogP contribution in [-0.2, 0) is 11.2 Å². The van der Waals surface area contributed by atoms with Crippen molar-refractivity contribution in [2.45, 2.75) is 19.8 Å². The number of halogens is 1. The standard InChI is InChI=1S/C18H21ClN2O/c1-14-16(19)10-5-11-17(14)21-13-18(22)20-12-6-9-15-7-3-2-4-8-15/h2-5,7-8,10-11,21H,6,9,12-13H2,1H3,(H,20,22). The zero-order valence-corrected chi connectivity index (χ0v) is 13.5. The van der Waals surface area contributed by atoms with Gasteiger partial charge in [0.1, 0.15) is 0 Å². The second kappa shape index (κ2) is 8.44. The molecule has 2 rings (SSSR count). The van der Waals surface area contributed by atoms with Crippen LogP contribution in [0.25, 0.3) is 0 Å². The minimum Gasteiger partial charge on any atom is -0.376 e. The molecular weight excluding hydrogens is 296 g/mol. The smallest absolute Gasteiger partial charge is 0.239 e. The molecule has 0 atom stereocenters. The molecule has 0 spiro atoms. The lowest BCUT2D eigenvalue weighted by molar-refractivity contribution is -0.119. The fourth-order valence-corrected chi connectivity index (χ4v) is 2.38.